The van der Waals surface area contributed by atoms with E-state index in [0.29, 0.717) is 0 Å². The van der Waals surface area contributed by atoms with Crippen LogP contribution in [0.1, 0.15) is 5.56 Å². The van der Waals surface area contributed by atoms with Crippen molar-refractivity contribution in [1.29, 1.82) is 0 Å². The average Bonchev–Trinajstić information content (AvgIpc) is 2.38. The number of sulfone groups is 1. The summed E-state index contributed by atoms with van der Waals surface area (Å²) in [5, 5.41) is 0. The molecule has 2 rings (SSSR count). The Kier molecular flexibility index (Phi) is 3.68. The van der Waals surface area contributed by atoms with E-state index >= 15 is 0 Å². The summed E-state index contributed by atoms with van der Waals surface area (Å²) in [7, 11) is -8.25. The van der Waals surface area contributed by atoms with E-state index in [1.165, 1.54) is 24.3 Å². The van der Waals surface area contributed by atoms with Crippen LogP contribution in [0.3, 0.4) is 0 Å². The normalized spacial score (nSPS) is 12.3. The predicted octanol–water partition coefficient (Wildman–Crippen LogP) is 2.07. The van der Waals surface area contributed by atoms with Crippen LogP contribution in [0, 0.1) is 6.92 Å². The van der Waals surface area contributed by atoms with Gasteiger partial charge in [-0.3, -0.25) is 4.55 Å². The summed E-state index contributed by atoms with van der Waals surface area (Å²) in [5.41, 5.74) is 0.913. The van der Waals surface area contributed by atoms with Gasteiger partial charge in [0.25, 0.3) is 10.1 Å². The molecule has 0 aliphatic rings. The lowest BCUT2D eigenvalue weighted by Crippen LogP contribution is -2.04. The van der Waals surface area contributed by atoms with Gasteiger partial charge in [-0.2, -0.15) is 8.42 Å². The zero-order valence-electron chi connectivity index (χ0n) is 10.5. The first-order valence-electron chi connectivity index (χ1n) is 5.60. The van der Waals surface area contributed by atoms with Crippen molar-refractivity contribution in [3.8, 4) is 0 Å². The van der Waals surface area contributed by atoms with Gasteiger partial charge < -0.3 is 0 Å². The van der Waals surface area contributed by atoms with E-state index in [9.17, 15) is 16.8 Å². The zero-order chi connectivity index (χ0) is 15.0. The summed E-state index contributed by atoms with van der Waals surface area (Å²) in [6.07, 6.45) is 0. The number of hydrogen-bond donors (Lipinski definition) is 1. The van der Waals surface area contributed by atoms with Crippen molar-refractivity contribution in [1.82, 2.24) is 0 Å². The van der Waals surface area contributed by atoms with Gasteiger partial charge in [-0.25, -0.2) is 8.42 Å². The van der Waals surface area contributed by atoms with Crippen LogP contribution in [0.4, 0.5) is 0 Å². The maximum atomic E-state index is 12.3. The fourth-order valence-electron chi connectivity index (χ4n) is 1.66. The first-order valence-corrected chi connectivity index (χ1v) is 8.53. The molecule has 0 heterocycles. The Hall–Kier alpha value is -1.70. The van der Waals surface area contributed by atoms with Crippen molar-refractivity contribution in [2.24, 2.45) is 0 Å². The van der Waals surface area contributed by atoms with Gasteiger partial charge in [0.05, 0.1) is 14.7 Å². The molecule has 1 N–H and O–H groups in total. The lowest BCUT2D eigenvalue weighted by Gasteiger charge is -2.06. The lowest BCUT2D eigenvalue weighted by molar-refractivity contribution is 0.483. The molecule has 2 aromatic carbocycles. The molecule has 0 amide bonds. The van der Waals surface area contributed by atoms with E-state index in [2.05, 4.69) is 0 Å². The van der Waals surface area contributed by atoms with Crippen LogP contribution in [-0.2, 0) is 20.0 Å². The van der Waals surface area contributed by atoms with Crippen LogP contribution >= 0.6 is 0 Å². The fourth-order valence-corrected chi connectivity index (χ4v) is 3.56. The first-order chi connectivity index (χ1) is 9.21. The van der Waals surface area contributed by atoms with Gasteiger partial charge in [-0.05, 0) is 37.3 Å². The Labute approximate surface area is 117 Å². The largest absolute Gasteiger partial charge is 0.294 e. The minimum absolute atomic E-state index is 0.0654. The van der Waals surface area contributed by atoms with Gasteiger partial charge in [-0.1, -0.05) is 23.8 Å². The average molecular weight is 312 g/mol. The molecule has 0 atom stereocenters. The molecule has 106 valence electrons. The maximum Gasteiger partial charge on any atom is 0.294 e. The van der Waals surface area contributed by atoms with Crippen molar-refractivity contribution in [3.05, 3.63) is 54.1 Å². The molecule has 0 aliphatic heterocycles. The monoisotopic (exact) mass is 312 g/mol. The van der Waals surface area contributed by atoms with E-state index in [4.69, 9.17) is 4.55 Å². The Morgan fingerprint density at radius 3 is 1.90 bits per heavy atom. The Bertz CT molecular complexity index is 835. The van der Waals surface area contributed by atoms with E-state index in [1.807, 2.05) is 6.92 Å². The maximum absolute atomic E-state index is 12.3. The van der Waals surface area contributed by atoms with Crippen LogP contribution in [0.15, 0.2) is 63.2 Å². The molecule has 20 heavy (non-hydrogen) atoms. The minimum Gasteiger partial charge on any atom is -0.282 e. The second-order valence-corrected chi connectivity index (χ2v) is 7.64. The SMILES string of the molecule is Cc1ccc(S(=O)(=O)c2cccc(S(=O)(=O)O)c2)cc1. The van der Waals surface area contributed by atoms with E-state index < -0.39 is 24.9 Å². The second kappa shape index (κ2) is 5.01. The number of rotatable bonds is 3. The van der Waals surface area contributed by atoms with E-state index in [-0.39, 0.29) is 9.79 Å². The summed E-state index contributed by atoms with van der Waals surface area (Å²) in [4.78, 5) is -0.572. The molecule has 0 fully saturated rings. The van der Waals surface area contributed by atoms with Crippen molar-refractivity contribution in [2.75, 3.05) is 0 Å². The van der Waals surface area contributed by atoms with Gasteiger partial charge in [0.15, 0.2) is 0 Å². The molecule has 0 saturated heterocycles. The third-order valence-corrected chi connectivity index (χ3v) is 5.36. The van der Waals surface area contributed by atoms with Crippen LogP contribution in [0.5, 0.6) is 0 Å². The summed E-state index contributed by atoms with van der Waals surface area (Å²) in [6, 6.07) is 10.8. The van der Waals surface area contributed by atoms with Gasteiger partial charge >= 0.3 is 0 Å². The topological polar surface area (TPSA) is 88.5 Å². The number of hydrogen-bond acceptors (Lipinski definition) is 4. The minimum atomic E-state index is -4.44. The summed E-state index contributed by atoms with van der Waals surface area (Å²) < 4.78 is 55.8. The standard InChI is InChI=1S/C13H12O5S2/c1-10-5-7-11(8-6-10)19(14,15)12-3-2-4-13(9-12)20(16,17)18/h2-9H,1H3,(H,16,17,18). The molecule has 0 radical (unpaired) electrons. The molecule has 0 aliphatic carbocycles. The van der Waals surface area contributed by atoms with E-state index in [1.54, 1.807) is 12.1 Å². The Morgan fingerprint density at radius 2 is 1.35 bits per heavy atom. The molecule has 2 aromatic rings. The molecular formula is C13H12O5S2. The predicted molar refractivity (Wildman–Crippen MR) is 72.9 cm³/mol. The highest BCUT2D eigenvalue weighted by molar-refractivity contribution is 7.91. The van der Waals surface area contributed by atoms with Crippen LogP contribution in [-0.4, -0.2) is 21.4 Å². The first kappa shape index (κ1) is 14.7. The fraction of sp³-hybridized carbons (Fsp3) is 0.0769. The van der Waals surface area contributed by atoms with E-state index in [0.717, 1.165) is 17.7 Å². The zero-order valence-corrected chi connectivity index (χ0v) is 12.1. The summed E-state index contributed by atoms with van der Waals surface area (Å²) in [5.74, 6) is 0. The van der Waals surface area contributed by atoms with Crippen LogP contribution in [0.2, 0.25) is 0 Å². The molecule has 0 aromatic heterocycles. The summed E-state index contributed by atoms with van der Waals surface area (Å²) in [6.45, 7) is 1.83. The smallest absolute Gasteiger partial charge is 0.282 e. The number of aryl methyl sites for hydroxylation is 1. The molecular weight excluding hydrogens is 300 g/mol. The highest BCUT2D eigenvalue weighted by Gasteiger charge is 2.20. The molecule has 0 unspecified atom stereocenters. The molecule has 5 nitrogen and oxygen atoms in total. The second-order valence-electron chi connectivity index (χ2n) is 4.27. The molecule has 7 heteroatoms. The molecule has 0 saturated carbocycles. The third kappa shape index (κ3) is 2.90. The van der Waals surface area contributed by atoms with Crippen LogP contribution in [0.25, 0.3) is 0 Å². The van der Waals surface area contributed by atoms with Crippen molar-refractivity contribution in [2.45, 2.75) is 21.6 Å². The highest BCUT2D eigenvalue weighted by atomic mass is 32.2. The van der Waals surface area contributed by atoms with Gasteiger partial charge in [0.2, 0.25) is 9.84 Å². The Morgan fingerprint density at radius 1 is 0.800 bits per heavy atom. The summed E-state index contributed by atoms with van der Waals surface area (Å²) >= 11 is 0. The van der Waals surface area contributed by atoms with Crippen molar-refractivity contribution < 1.29 is 21.4 Å². The van der Waals surface area contributed by atoms with Crippen molar-refractivity contribution >= 4 is 20.0 Å². The molecule has 0 spiro atoms. The quantitative estimate of drug-likeness (QED) is 0.877. The number of benzene rings is 2. The van der Waals surface area contributed by atoms with Gasteiger partial charge in [0.1, 0.15) is 0 Å². The lowest BCUT2D eigenvalue weighted by atomic mass is 10.2. The third-order valence-electron chi connectivity index (χ3n) is 2.74. The highest BCUT2D eigenvalue weighted by Crippen LogP contribution is 2.23. The Balaban J connectivity index is 2.58. The van der Waals surface area contributed by atoms with Crippen molar-refractivity contribution in [3.63, 3.8) is 0 Å². The van der Waals surface area contributed by atoms with Crippen LogP contribution < -0.4 is 0 Å². The molecule has 0 bridgehead atoms. The van der Waals surface area contributed by atoms with Gasteiger partial charge in [-0.15, -0.1) is 0 Å². The van der Waals surface area contributed by atoms with Gasteiger partial charge in [0, 0.05) is 0 Å².